The molecule has 1 aliphatic heterocycles. The summed E-state index contributed by atoms with van der Waals surface area (Å²) in [5, 5.41) is 11.4. The van der Waals surface area contributed by atoms with E-state index in [4.69, 9.17) is 9.47 Å². The predicted octanol–water partition coefficient (Wildman–Crippen LogP) is 5.35. The normalized spacial score (nSPS) is 16.6. The van der Waals surface area contributed by atoms with E-state index in [0.717, 1.165) is 29.8 Å². The molecule has 0 aliphatic carbocycles. The molecule has 1 heterocycles. The van der Waals surface area contributed by atoms with Crippen LogP contribution in [0.3, 0.4) is 0 Å². The van der Waals surface area contributed by atoms with E-state index in [1.165, 1.54) is 0 Å². The van der Waals surface area contributed by atoms with Gasteiger partial charge in [0, 0.05) is 18.7 Å². The van der Waals surface area contributed by atoms with Crippen molar-refractivity contribution in [2.75, 3.05) is 33.3 Å². The molecule has 1 atom stereocenters. The summed E-state index contributed by atoms with van der Waals surface area (Å²) in [5.74, 6) is -0.139. The highest BCUT2D eigenvalue weighted by Crippen LogP contribution is 2.40. The first-order valence-electron chi connectivity index (χ1n) is 13.3. The maximum atomic E-state index is 13.4. The van der Waals surface area contributed by atoms with Crippen molar-refractivity contribution in [3.05, 3.63) is 101 Å². The van der Waals surface area contributed by atoms with E-state index in [0.29, 0.717) is 36.8 Å². The molecule has 7 heteroatoms. The fourth-order valence-electron chi connectivity index (χ4n) is 4.91. The monoisotopic (exact) mass is 528 g/mol. The maximum absolute atomic E-state index is 13.4. The number of benzene rings is 3. The number of aliphatic hydroxyl groups is 1. The number of aliphatic hydroxyl groups excluding tert-OH is 1. The Morgan fingerprint density at radius 1 is 0.974 bits per heavy atom. The molecule has 0 radical (unpaired) electrons. The average molecular weight is 529 g/mol. The highest BCUT2D eigenvalue weighted by molar-refractivity contribution is 6.46. The molecule has 3 aromatic carbocycles. The van der Waals surface area contributed by atoms with Gasteiger partial charge in [-0.15, -0.1) is 0 Å². The van der Waals surface area contributed by atoms with E-state index in [2.05, 4.69) is 18.7 Å². The summed E-state index contributed by atoms with van der Waals surface area (Å²) in [6.45, 7) is 9.08. The van der Waals surface area contributed by atoms with Gasteiger partial charge in [0.25, 0.3) is 11.7 Å². The van der Waals surface area contributed by atoms with E-state index in [1.807, 2.05) is 61.5 Å². The third-order valence-electron chi connectivity index (χ3n) is 7.20. The first-order chi connectivity index (χ1) is 18.9. The van der Waals surface area contributed by atoms with Crippen LogP contribution in [0.1, 0.15) is 42.1 Å². The topological polar surface area (TPSA) is 79.3 Å². The van der Waals surface area contributed by atoms with Crippen LogP contribution in [0.4, 0.5) is 0 Å². The zero-order valence-electron chi connectivity index (χ0n) is 23.0. The van der Waals surface area contributed by atoms with Crippen molar-refractivity contribution in [1.29, 1.82) is 0 Å². The third-order valence-corrected chi connectivity index (χ3v) is 7.20. The number of ether oxygens (including phenoxy) is 2. The van der Waals surface area contributed by atoms with Crippen molar-refractivity contribution in [1.82, 2.24) is 9.80 Å². The number of likely N-dealkylation sites (N-methyl/N-ethyl adjacent to an activating group) is 1. The molecule has 0 saturated carbocycles. The van der Waals surface area contributed by atoms with Crippen molar-refractivity contribution in [3.8, 4) is 11.5 Å². The van der Waals surface area contributed by atoms with Crippen molar-refractivity contribution in [2.24, 2.45) is 0 Å². The summed E-state index contributed by atoms with van der Waals surface area (Å²) in [5.41, 5.74) is 3.15. The second kappa shape index (κ2) is 12.6. The molecule has 0 aromatic heterocycles. The quantitative estimate of drug-likeness (QED) is 0.205. The first kappa shape index (κ1) is 27.9. The summed E-state index contributed by atoms with van der Waals surface area (Å²) in [6.07, 6.45) is 0. The van der Waals surface area contributed by atoms with Gasteiger partial charge in [0.15, 0.2) is 0 Å². The SMILES string of the molecule is CCN(CC)CCN1C(=O)C(=O)C(=C(O)c2ccc(OC)c(C)c2)C1c1ccc(OCc2ccccc2)cc1. The fourth-order valence-corrected chi connectivity index (χ4v) is 4.91. The van der Waals surface area contributed by atoms with Gasteiger partial charge >= 0.3 is 0 Å². The predicted molar refractivity (Wildman–Crippen MR) is 152 cm³/mol. The summed E-state index contributed by atoms with van der Waals surface area (Å²) >= 11 is 0. The number of carbonyl (C=O) groups is 2. The minimum atomic E-state index is -0.717. The Bertz CT molecular complexity index is 1330. The van der Waals surface area contributed by atoms with Crippen LogP contribution in [-0.2, 0) is 16.2 Å². The Balaban J connectivity index is 1.70. The third kappa shape index (κ3) is 6.15. The lowest BCUT2D eigenvalue weighted by Gasteiger charge is -2.28. The Hall–Kier alpha value is -4.10. The zero-order valence-corrected chi connectivity index (χ0v) is 23.0. The molecule has 1 unspecified atom stereocenters. The summed E-state index contributed by atoms with van der Waals surface area (Å²) in [4.78, 5) is 30.4. The Morgan fingerprint density at radius 3 is 2.28 bits per heavy atom. The molecule has 1 saturated heterocycles. The van der Waals surface area contributed by atoms with Gasteiger partial charge in [0.1, 0.15) is 23.9 Å². The lowest BCUT2D eigenvalue weighted by Crippen LogP contribution is -2.38. The van der Waals surface area contributed by atoms with E-state index in [1.54, 1.807) is 30.2 Å². The van der Waals surface area contributed by atoms with Gasteiger partial charge in [-0.2, -0.15) is 0 Å². The van der Waals surface area contributed by atoms with Crippen LogP contribution in [0.25, 0.3) is 5.76 Å². The number of nitrogens with zero attached hydrogens (tertiary/aromatic N) is 2. The van der Waals surface area contributed by atoms with Gasteiger partial charge in [-0.25, -0.2) is 0 Å². The number of aryl methyl sites for hydroxylation is 1. The molecule has 204 valence electrons. The summed E-state index contributed by atoms with van der Waals surface area (Å²) in [7, 11) is 1.58. The van der Waals surface area contributed by atoms with E-state index >= 15 is 0 Å². The van der Waals surface area contributed by atoms with Crippen LogP contribution in [-0.4, -0.2) is 59.9 Å². The van der Waals surface area contributed by atoms with Gasteiger partial charge in [0.05, 0.1) is 18.7 Å². The lowest BCUT2D eigenvalue weighted by atomic mass is 9.94. The van der Waals surface area contributed by atoms with E-state index in [9.17, 15) is 14.7 Å². The summed E-state index contributed by atoms with van der Waals surface area (Å²) in [6, 6.07) is 21.8. The van der Waals surface area contributed by atoms with Crippen LogP contribution in [0.15, 0.2) is 78.4 Å². The minimum absolute atomic E-state index is 0.0852. The molecular weight excluding hydrogens is 492 g/mol. The fraction of sp³-hybridized carbons (Fsp3) is 0.312. The number of likely N-dealkylation sites (tertiary alicyclic amines) is 1. The Morgan fingerprint density at radius 2 is 1.67 bits per heavy atom. The number of amides is 1. The first-order valence-corrected chi connectivity index (χ1v) is 13.3. The molecular formula is C32H36N2O5. The smallest absolute Gasteiger partial charge is 0.295 e. The largest absolute Gasteiger partial charge is 0.507 e. The van der Waals surface area contributed by atoms with Crippen LogP contribution in [0.2, 0.25) is 0 Å². The highest BCUT2D eigenvalue weighted by atomic mass is 16.5. The van der Waals surface area contributed by atoms with Crippen molar-refractivity contribution in [3.63, 3.8) is 0 Å². The number of rotatable bonds is 11. The number of hydrogen-bond donors (Lipinski definition) is 1. The van der Waals surface area contributed by atoms with Crippen LogP contribution in [0, 0.1) is 6.92 Å². The molecule has 1 amide bonds. The minimum Gasteiger partial charge on any atom is -0.507 e. The van der Waals surface area contributed by atoms with Crippen molar-refractivity contribution >= 4 is 17.4 Å². The Kier molecular flexibility index (Phi) is 9.04. The number of hydrogen-bond acceptors (Lipinski definition) is 6. The van der Waals surface area contributed by atoms with Crippen LogP contribution < -0.4 is 9.47 Å². The second-order valence-corrected chi connectivity index (χ2v) is 9.55. The van der Waals surface area contributed by atoms with Gasteiger partial charge < -0.3 is 24.4 Å². The molecule has 1 aliphatic rings. The van der Waals surface area contributed by atoms with E-state index in [-0.39, 0.29) is 11.3 Å². The maximum Gasteiger partial charge on any atom is 0.295 e. The molecule has 1 N–H and O–H groups in total. The molecule has 0 spiro atoms. The molecule has 1 fully saturated rings. The zero-order chi connectivity index (χ0) is 27.9. The average Bonchev–Trinajstić information content (AvgIpc) is 3.22. The van der Waals surface area contributed by atoms with Crippen LogP contribution >= 0.6 is 0 Å². The van der Waals surface area contributed by atoms with Gasteiger partial charge in [-0.1, -0.05) is 56.3 Å². The van der Waals surface area contributed by atoms with E-state index < -0.39 is 17.7 Å². The number of Topliss-reactive ketones (excluding diaryl/α,β-unsaturated/α-hetero) is 1. The molecule has 7 nitrogen and oxygen atoms in total. The molecule has 0 bridgehead atoms. The molecule has 3 aromatic rings. The van der Waals surface area contributed by atoms with Crippen molar-refractivity contribution in [2.45, 2.75) is 33.4 Å². The molecule has 39 heavy (non-hydrogen) atoms. The Labute approximate surface area is 230 Å². The standard InChI is InChI=1S/C32H36N2O5/c1-5-33(6-2)18-19-34-29(24-12-15-26(16-13-24)39-21-23-10-8-7-9-11-23)28(31(36)32(34)37)30(35)25-14-17-27(38-4)22(3)20-25/h7-17,20,29,35H,5-6,18-19,21H2,1-4H3. The highest BCUT2D eigenvalue weighted by Gasteiger charge is 2.46. The lowest BCUT2D eigenvalue weighted by molar-refractivity contribution is -0.140. The number of carbonyl (C=O) groups excluding carboxylic acids is 2. The summed E-state index contributed by atoms with van der Waals surface area (Å²) < 4.78 is 11.3. The van der Waals surface area contributed by atoms with Gasteiger partial charge in [-0.3, -0.25) is 9.59 Å². The number of ketones is 1. The number of methoxy groups -OCH3 is 1. The van der Waals surface area contributed by atoms with Crippen molar-refractivity contribution < 1.29 is 24.2 Å². The van der Waals surface area contributed by atoms with Crippen LogP contribution in [0.5, 0.6) is 11.5 Å². The second-order valence-electron chi connectivity index (χ2n) is 9.55. The van der Waals surface area contributed by atoms with Gasteiger partial charge in [0.2, 0.25) is 0 Å². The molecule has 4 rings (SSSR count). The van der Waals surface area contributed by atoms with Gasteiger partial charge in [-0.05, 0) is 67.0 Å².